The zero-order valence-corrected chi connectivity index (χ0v) is 10.3. The number of rotatable bonds is 1. The first-order valence-corrected chi connectivity index (χ1v) is 6.45. The molecule has 0 unspecified atom stereocenters. The minimum absolute atomic E-state index is 0.187. The highest BCUT2D eigenvalue weighted by molar-refractivity contribution is 7.99. The lowest BCUT2D eigenvalue weighted by molar-refractivity contribution is 0.624. The maximum Gasteiger partial charge on any atom is 0.124 e. The van der Waals surface area contributed by atoms with E-state index in [4.69, 9.17) is 0 Å². The van der Waals surface area contributed by atoms with Crippen molar-refractivity contribution < 1.29 is 4.39 Å². The van der Waals surface area contributed by atoms with Crippen LogP contribution in [0.3, 0.4) is 0 Å². The molecule has 0 amide bonds. The number of aryl methyl sites for hydroxylation is 1. The van der Waals surface area contributed by atoms with Gasteiger partial charge in [-0.1, -0.05) is 24.8 Å². The Balaban J connectivity index is 2.05. The Morgan fingerprint density at radius 2 is 1.76 bits per heavy atom. The molecule has 0 saturated heterocycles. The van der Waals surface area contributed by atoms with Crippen LogP contribution in [0.25, 0.3) is 0 Å². The first-order chi connectivity index (χ1) is 8.26. The van der Waals surface area contributed by atoms with Gasteiger partial charge in [0.25, 0.3) is 0 Å². The highest BCUT2D eigenvalue weighted by Crippen LogP contribution is 2.44. The topological polar surface area (TPSA) is 12.0 Å². The van der Waals surface area contributed by atoms with Gasteiger partial charge in [-0.2, -0.15) is 0 Å². The van der Waals surface area contributed by atoms with Crippen molar-refractivity contribution in [3.8, 4) is 0 Å². The van der Waals surface area contributed by atoms with Crippen LogP contribution < -0.4 is 5.32 Å². The third kappa shape index (κ3) is 1.91. The molecule has 86 valence electrons. The van der Waals surface area contributed by atoms with Gasteiger partial charge in [-0.05, 0) is 42.3 Å². The fourth-order valence-electron chi connectivity index (χ4n) is 1.92. The van der Waals surface area contributed by atoms with Crippen molar-refractivity contribution in [3.05, 3.63) is 47.8 Å². The Hall–Kier alpha value is -1.48. The standard InChI is InChI=1S/C14H12FNS/c1-2-9-3-5-11-13(7-9)17-14-8-10(15)4-6-12(14)16-11/h3-8,16H,2H2,1H3. The third-order valence-corrected chi connectivity index (χ3v) is 4.00. The van der Waals surface area contributed by atoms with E-state index in [-0.39, 0.29) is 5.82 Å². The minimum Gasteiger partial charge on any atom is -0.354 e. The lowest BCUT2D eigenvalue weighted by Gasteiger charge is -2.21. The van der Waals surface area contributed by atoms with Crippen molar-refractivity contribution in [3.63, 3.8) is 0 Å². The van der Waals surface area contributed by atoms with Crippen LogP contribution in [0.5, 0.6) is 0 Å². The van der Waals surface area contributed by atoms with Crippen LogP contribution in [0.4, 0.5) is 15.8 Å². The molecule has 0 fully saturated rings. The molecule has 0 atom stereocenters. The van der Waals surface area contributed by atoms with Crippen molar-refractivity contribution in [2.45, 2.75) is 23.1 Å². The normalized spacial score (nSPS) is 12.6. The minimum atomic E-state index is -0.187. The first-order valence-electron chi connectivity index (χ1n) is 5.63. The van der Waals surface area contributed by atoms with E-state index in [2.05, 4.69) is 30.4 Å². The summed E-state index contributed by atoms with van der Waals surface area (Å²) in [6.07, 6.45) is 1.02. The SMILES string of the molecule is CCc1ccc2c(c1)Sc1cc(F)ccc1N2. The van der Waals surface area contributed by atoms with E-state index in [9.17, 15) is 4.39 Å². The van der Waals surface area contributed by atoms with Gasteiger partial charge in [0, 0.05) is 9.79 Å². The van der Waals surface area contributed by atoms with Gasteiger partial charge in [-0.15, -0.1) is 0 Å². The second-order valence-corrected chi connectivity index (χ2v) is 5.14. The van der Waals surface area contributed by atoms with Gasteiger partial charge >= 0.3 is 0 Å². The summed E-state index contributed by atoms with van der Waals surface area (Å²) in [5.41, 5.74) is 3.39. The summed E-state index contributed by atoms with van der Waals surface area (Å²) in [5.74, 6) is -0.187. The van der Waals surface area contributed by atoms with E-state index < -0.39 is 0 Å². The molecule has 17 heavy (non-hydrogen) atoms. The molecule has 1 N–H and O–H groups in total. The van der Waals surface area contributed by atoms with Gasteiger partial charge in [0.2, 0.25) is 0 Å². The van der Waals surface area contributed by atoms with E-state index in [0.717, 1.165) is 22.7 Å². The summed E-state index contributed by atoms with van der Waals surface area (Å²) in [6, 6.07) is 11.2. The molecule has 3 heteroatoms. The number of hydrogen-bond acceptors (Lipinski definition) is 2. The van der Waals surface area contributed by atoms with E-state index in [1.807, 2.05) is 0 Å². The molecule has 0 aliphatic carbocycles. The van der Waals surface area contributed by atoms with Gasteiger partial charge in [0.15, 0.2) is 0 Å². The number of halogens is 1. The van der Waals surface area contributed by atoms with E-state index in [1.54, 1.807) is 23.9 Å². The molecule has 0 spiro atoms. The van der Waals surface area contributed by atoms with E-state index >= 15 is 0 Å². The average molecular weight is 245 g/mol. The summed E-state index contributed by atoms with van der Waals surface area (Å²) < 4.78 is 13.2. The number of nitrogens with one attached hydrogen (secondary N) is 1. The summed E-state index contributed by atoms with van der Waals surface area (Å²) in [4.78, 5) is 2.12. The summed E-state index contributed by atoms with van der Waals surface area (Å²) in [7, 11) is 0. The van der Waals surface area contributed by atoms with Crippen LogP contribution in [0.2, 0.25) is 0 Å². The number of anilines is 2. The highest BCUT2D eigenvalue weighted by Gasteiger charge is 2.16. The first kappa shape index (κ1) is 10.7. The number of hydrogen-bond donors (Lipinski definition) is 1. The quantitative estimate of drug-likeness (QED) is 0.672. The molecule has 1 aliphatic rings. The zero-order valence-electron chi connectivity index (χ0n) is 9.46. The predicted octanol–water partition coefficient (Wildman–Crippen LogP) is 4.60. The lowest BCUT2D eigenvalue weighted by atomic mass is 10.1. The second-order valence-electron chi connectivity index (χ2n) is 4.05. The Morgan fingerprint density at radius 3 is 2.53 bits per heavy atom. The molecule has 1 heterocycles. The van der Waals surface area contributed by atoms with Crippen LogP contribution >= 0.6 is 11.8 Å². The molecule has 1 aliphatic heterocycles. The number of benzene rings is 2. The average Bonchev–Trinajstić information content (AvgIpc) is 2.35. The Labute approximate surface area is 104 Å². The van der Waals surface area contributed by atoms with Crippen LogP contribution in [0, 0.1) is 5.82 Å². The maximum atomic E-state index is 13.2. The smallest absolute Gasteiger partial charge is 0.124 e. The van der Waals surface area contributed by atoms with Crippen molar-refractivity contribution >= 4 is 23.1 Å². The van der Waals surface area contributed by atoms with Gasteiger partial charge in [0.1, 0.15) is 5.82 Å². The molecule has 0 saturated carbocycles. The monoisotopic (exact) mass is 245 g/mol. The van der Waals surface area contributed by atoms with Crippen LogP contribution in [-0.2, 0) is 6.42 Å². The van der Waals surface area contributed by atoms with E-state index in [0.29, 0.717) is 0 Å². The third-order valence-electron chi connectivity index (χ3n) is 2.89. The molecule has 0 aromatic heterocycles. The van der Waals surface area contributed by atoms with Crippen molar-refractivity contribution in [2.24, 2.45) is 0 Å². The molecule has 1 nitrogen and oxygen atoms in total. The molecular weight excluding hydrogens is 233 g/mol. The lowest BCUT2D eigenvalue weighted by Crippen LogP contribution is -2.00. The maximum absolute atomic E-state index is 13.2. The summed E-state index contributed by atoms with van der Waals surface area (Å²) in [6.45, 7) is 2.14. The van der Waals surface area contributed by atoms with Gasteiger partial charge in [-0.3, -0.25) is 0 Å². The summed E-state index contributed by atoms with van der Waals surface area (Å²) in [5, 5.41) is 3.33. The van der Waals surface area contributed by atoms with Gasteiger partial charge < -0.3 is 5.32 Å². The summed E-state index contributed by atoms with van der Waals surface area (Å²) >= 11 is 1.62. The second kappa shape index (κ2) is 4.08. The highest BCUT2D eigenvalue weighted by atomic mass is 32.2. The van der Waals surface area contributed by atoms with Gasteiger partial charge in [0.05, 0.1) is 11.4 Å². The molecule has 2 aromatic rings. The fourth-order valence-corrected chi connectivity index (χ4v) is 3.00. The van der Waals surface area contributed by atoms with Crippen molar-refractivity contribution in [2.75, 3.05) is 5.32 Å². The fraction of sp³-hybridized carbons (Fsp3) is 0.143. The Kier molecular flexibility index (Phi) is 2.56. The van der Waals surface area contributed by atoms with Crippen molar-refractivity contribution in [1.29, 1.82) is 0 Å². The molecule has 0 bridgehead atoms. The van der Waals surface area contributed by atoms with Gasteiger partial charge in [-0.25, -0.2) is 4.39 Å². The van der Waals surface area contributed by atoms with E-state index in [1.165, 1.54) is 16.5 Å². The molecule has 3 rings (SSSR count). The molecular formula is C14H12FNS. The largest absolute Gasteiger partial charge is 0.354 e. The van der Waals surface area contributed by atoms with Crippen LogP contribution in [0.15, 0.2) is 46.2 Å². The molecule has 2 aromatic carbocycles. The number of fused-ring (bicyclic) bond motifs is 2. The predicted molar refractivity (Wildman–Crippen MR) is 69.6 cm³/mol. The van der Waals surface area contributed by atoms with Crippen LogP contribution in [-0.4, -0.2) is 0 Å². The Morgan fingerprint density at radius 1 is 1.06 bits per heavy atom. The Bertz CT molecular complexity index is 580. The molecule has 0 radical (unpaired) electrons. The van der Waals surface area contributed by atoms with Crippen molar-refractivity contribution in [1.82, 2.24) is 0 Å². The zero-order chi connectivity index (χ0) is 11.8. The van der Waals surface area contributed by atoms with Crippen LogP contribution in [0.1, 0.15) is 12.5 Å².